The first-order valence-corrected chi connectivity index (χ1v) is 6.44. The van der Waals surface area contributed by atoms with Crippen LogP contribution in [0.15, 0.2) is 0 Å². The van der Waals surface area contributed by atoms with E-state index in [-0.39, 0.29) is 12.3 Å². The first-order valence-electron chi connectivity index (χ1n) is 6.44. The van der Waals surface area contributed by atoms with E-state index < -0.39 is 29.8 Å². The largest absolute Gasteiger partial charge is 0.370 e. The molecule has 0 radical (unpaired) electrons. The van der Waals surface area contributed by atoms with E-state index in [1.165, 1.54) is 18.9 Å². The van der Waals surface area contributed by atoms with Gasteiger partial charge in [0, 0.05) is 20.5 Å². The number of hydrogen-bond donors (Lipinski definition) is 3. The molecular weight excluding hydrogens is 264 g/mol. The molecule has 8 heteroatoms. The van der Waals surface area contributed by atoms with Gasteiger partial charge < -0.3 is 21.3 Å². The quantitative estimate of drug-likeness (QED) is 0.546. The second kappa shape index (κ2) is 6.88. The van der Waals surface area contributed by atoms with Crippen LogP contribution in [-0.4, -0.2) is 54.2 Å². The molecular formula is C12H20N4O4. The standard InChI is InChI=1S/C12H20N4O4/c1-7(17)15-8(6-10(13)18)12(20)16-5-3-4-9(16)11(19)14-2/h8-9H,3-6H2,1-2H3,(H2,13,18)(H,14,19)(H,15,17)/t8-,9-/m0/s1. The van der Waals surface area contributed by atoms with Gasteiger partial charge in [-0.05, 0) is 12.8 Å². The number of hydrogen-bond acceptors (Lipinski definition) is 4. The molecule has 2 atom stereocenters. The van der Waals surface area contributed by atoms with Crippen LogP contribution in [0.4, 0.5) is 0 Å². The fourth-order valence-electron chi connectivity index (χ4n) is 2.32. The van der Waals surface area contributed by atoms with Crippen LogP contribution in [0.5, 0.6) is 0 Å². The van der Waals surface area contributed by atoms with Crippen LogP contribution in [0, 0.1) is 0 Å². The smallest absolute Gasteiger partial charge is 0.246 e. The predicted octanol–water partition coefficient (Wildman–Crippen LogP) is -1.90. The molecule has 1 aliphatic heterocycles. The van der Waals surface area contributed by atoms with E-state index >= 15 is 0 Å². The van der Waals surface area contributed by atoms with Crippen LogP contribution < -0.4 is 16.4 Å². The molecule has 0 saturated carbocycles. The molecule has 8 nitrogen and oxygen atoms in total. The summed E-state index contributed by atoms with van der Waals surface area (Å²) in [4.78, 5) is 47.6. The van der Waals surface area contributed by atoms with Gasteiger partial charge in [0.15, 0.2) is 0 Å². The molecule has 1 aliphatic rings. The topological polar surface area (TPSA) is 122 Å². The normalized spacial score (nSPS) is 19.3. The van der Waals surface area contributed by atoms with Gasteiger partial charge in [0.25, 0.3) is 0 Å². The molecule has 112 valence electrons. The lowest BCUT2D eigenvalue weighted by Gasteiger charge is -2.27. The van der Waals surface area contributed by atoms with E-state index in [9.17, 15) is 19.2 Å². The van der Waals surface area contributed by atoms with E-state index in [0.29, 0.717) is 19.4 Å². The highest BCUT2D eigenvalue weighted by atomic mass is 16.2. The highest BCUT2D eigenvalue weighted by Gasteiger charge is 2.37. The Morgan fingerprint density at radius 3 is 2.50 bits per heavy atom. The second-order valence-electron chi connectivity index (χ2n) is 4.73. The highest BCUT2D eigenvalue weighted by Crippen LogP contribution is 2.19. The van der Waals surface area contributed by atoms with Crippen molar-refractivity contribution in [3.8, 4) is 0 Å². The molecule has 4 N–H and O–H groups in total. The van der Waals surface area contributed by atoms with Gasteiger partial charge in [0.1, 0.15) is 12.1 Å². The maximum atomic E-state index is 12.4. The van der Waals surface area contributed by atoms with Gasteiger partial charge in [-0.15, -0.1) is 0 Å². The SMILES string of the molecule is CNC(=O)[C@@H]1CCCN1C(=O)[C@H](CC(N)=O)NC(C)=O. The van der Waals surface area contributed by atoms with Crippen molar-refractivity contribution in [1.82, 2.24) is 15.5 Å². The van der Waals surface area contributed by atoms with Crippen LogP contribution in [0.2, 0.25) is 0 Å². The molecule has 1 heterocycles. The predicted molar refractivity (Wildman–Crippen MR) is 70.2 cm³/mol. The summed E-state index contributed by atoms with van der Waals surface area (Å²) < 4.78 is 0. The summed E-state index contributed by atoms with van der Waals surface area (Å²) >= 11 is 0. The number of amides is 4. The summed E-state index contributed by atoms with van der Waals surface area (Å²) in [5.41, 5.74) is 5.09. The Kier molecular flexibility index (Phi) is 5.48. The number of carbonyl (C=O) groups excluding carboxylic acids is 4. The molecule has 4 amide bonds. The summed E-state index contributed by atoms with van der Waals surface area (Å²) in [6.45, 7) is 1.67. The third-order valence-electron chi connectivity index (χ3n) is 3.17. The third-order valence-corrected chi connectivity index (χ3v) is 3.17. The van der Waals surface area contributed by atoms with Gasteiger partial charge in [0.05, 0.1) is 6.42 Å². The zero-order valence-corrected chi connectivity index (χ0v) is 11.6. The van der Waals surface area contributed by atoms with E-state index in [1.54, 1.807) is 0 Å². The lowest BCUT2D eigenvalue weighted by molar-refractivity contribution is -0.142. The summed E-state index contributed by atoms with van der Waals surface area (Å²) in [7, 11) is 1.50. The number of likely N-dealkylation sites (tertiary alicyclic amines) is 1. The molecule has 0 bridgehead atoms. The summed E-state index contributed by atoms with van der Waals surface area (Å²) in [5.74, 6) is -1.82. The Morgan fingerprint density at radius 1 is 1.35 bits per heavy atom. The lowest BCUT2D eigenvalue weighted by atomic mass is 10.1. The van der Waals surface area contributed by atoms with Crippen molar-refractivity contribution in [2.24, 2.45) is 5.73 Å². The Hall–Kier alpha value is -2.12. The van der Waals surface area contributed by atoms with E-state index in [0.717, 1.165) is 0 Å². The molecule has 0 unspecified atom stereocenters. The first kappa shape index (κ1) is 15.9. The van der Waals surface area contributed by atoms with Crippen LogP contribution in [0.1, 0.15) is 26.2 Å². The molecule has 0 spiro atoms. The van der Waals surface area contributed by atoms with Crippen molar-refractivity contribution in [2.45, 2.75) is 38.3 Å². The first-order chi connectivity index (χ1) is 9.36. The zero-order chi connectivity index (χ0) is 15.3. The summed E-state index contributed by atoms with van der Waals surface area (Å²) in [5, 5.41) is 4.90. The average molecular weight is 284 g/mol. The van der Waals surface area contributed by atoms with Gasteiger partial charge in [-0.2, -0.15) is 0 Å². The van der Waals surface area contributed by atoms with Crippen molar-refractivity contribution < 1.29 is 19.2 Å². The van der Waals surface area contributed by atoms with Crippen LogP contribution in [0.3, 0.4) is 0 Å². The fourth-order valence-corrected chi connectivity index (χ4v) is 2.32. The molecule has 1 rings (SSSR count). The van der Waals surface area contributed by atoms with Gasteiger partial charge >= 0.3 is 0 Å². The number of primary amides is 1. The van der Waals surface area contributed by atoms with Crippen molar-refractivity contribution in [1.29, 1.82) is 0 Å². The third kappa shape index (κ3) is 3.94. The van der Waals surface area contributed by atoms with E-state index in [2.05, 4.69) is 10.6 Å². The van der Waals surface area contributed by atoms with Crippen molar-refractivity contribution in [3.05, 3.63) is 0 Å². The molecule has 1 fully saturated rings. The Labute approximate surface area is 117 Å². The second-order valence-corrected chi connectivity index (χ2v) is 4.73. The average Bonchev–Trinajstić information content (AvgIpc) is 2.84. The maximum absolute atomic E-state index is 12.4. The van der Waals surface area contributed by atoms with Crippen LogP contribution in [0.25, 0.3) is 0 Å². The highest BCUT2D eigenvalue weighted by molar-refractivity contribution is 5.94. The number of nitrogens with two attached hydrogens (primary N) is 1. The van der Waals surface area contributed by atoms with E-state index in [4.69, 9.17) is 5.73 Å². The van der Waals surface area contributed by atoms with Crippen molar-refractivity contribution >= 4 is 23.6 Å². The molecule has 0 aliphatic carbocycles. The van der Waals surface area contributed by atoms with Gasteiger partial charge in [-0.25, -0.2) is 0 Å². The maximum Gasteiger partial charge on any atom is 0.246 e. The minimum atomic E-state index is -1.02. The fraction of sp³-hybridized carbons (Fsp3) is 0.667. The monoisotopic (exact) mass is 284 g/mol. The number of nitrogens with one attached hydrogen (secondary N) is 2. The Balaban J connectivity index is 2.84. The van der Waals surface area contributed by atoms with E-state index in [1.807, 2.05) is 0 Å². The lowest BCUT2D eigenvalue weighted by Crippen LogP contribution is -2.53. The molecule has 20 heavy (non-hydrogen) atoms. The molecule has 0 aromatic rings. The molecule has 0 aromatic carbocycles. The molecule has 0 aromatic heterocycles. The molecule has 1 saturated heterocycles. The van der Waals surface area contributed by atoms with Gasteiger partial charge in [-0.3, -0.25) is 19.2 Å². The number of carbonyl (C=O) groups is 4. The minimum absolute atomic E-state index is 0.253. The zero-order valence-electron chi connectivity index (χ0n) is 11.6. The van der Waals surface area contributed by atoms with Crippen molar-refractivity contribution in [3.63, 3.8) is 0 Å². The van der Waals surface area contributed by atoms with Crippen LogP contribution >= 0.6 is 0 Å². The Bertz CT molecular complexity index is 408. The minimum Gasteiger partial charge on any atom is -0.370 e. The van der Waals surface area contributed by atoms with Crippen LogP contribution in [-0.2, 0) is 19.2 Å². The summed E-state index contributed by atoms with van der Waals surface area (Å²) in [6.07, 6.45) is 0.983. The number of nitrogens with zero attached hydrogens (tertiary/aromatic N) is 1. The van der Waals surface area contributed by atoms with Gasteiger partial charge in [0.2, 0.25) is 23.6 Å². The summed E-state index contributed by atoms with van der Waals surface area (Å²) in [6, 6.07) is -1.58. The Morgan fingerprint density at radius 2 is 2.00 bits per heavy atom. The number of likely N-dealkylation sites (N-methyl/N-ethyl adjacent to an activating group) is 1. The van der Waals surface area contributed by atoms with Crippen molar-refractivity contribution in [2.75, 3.05) is 13.6 Å². The number of rotatable bonds is 5. The van der Waals surface area contributed by atoms with Gasteiger partial charge in [-0.1, -0.05) is 0 Å².